The van der Waals surface area contributed by atoms with Crippen molar-refractivity contribution in [3.8, 4) is 111 Å². The SMILES string of the molecule is c1ccc(-c2ccc(N(c3cc(-c4cc(-c5cccc6c5oc5ccccc56)c5oc6ccccc6c5c4)cc(N(c4ccc(-c5ccccc5)cc4)c4c(-c5cccc(-c6ccccc6)c5)cccc4-c4cccc5c4oc4ccccc45)c3)c3c(-c4cccc(-c5ccccc5)c4)cccc3-c3cccc4c3oc3ccccc34)cc2)cc1. The van der Waals surface area contributed by atoms with Crippen molar-refractivity contribution < 1.29 is 17.7 Å². The fourth-order valence-corrected chi connectivity index (χ4v) is 18.2. The van der Waals surface area contributed by atoms with Gasteiger partial charge in [0, 0.05) is 110 Å². The van der Waals surface area contributed by atoms with Gasteiger partial charge in [0.1, 0.15) is 44.7 Å². The molecule has 0 spiro atoms. The lowest BCUT2D eigenvalue weighted by atomic mass is 9.90. The van der Waals surface area contributed by atoms with Crippen LogP contribution in [-0.4, -0.2) is 0 Å². The van der Waals surface area contributed by atoms with Crippen LogP contribution in [-0.2, 0) is 0 Å². The molecule has 0 aliphatic carbocycles. The molecule has 0 bridgehead atoms. The Morgan fingerprint density at radius 1 is 0.133 bits per heavy atom. The second-order valence-electron chi connectivity index (χ2n) is 30.9. The number of benzene rings is 19. The maximum absolute atomic E-state index is 7.21. The number of rotatable bonds is 16. The minimum absolute atomic E-state index is 0.761. The van der Waals surface area contributed by atoms with E-state index < -0.39 is 0 Å². The van der Waals surface area contributed by atoms with Crippen molar-refractivity contribution in [3.05, 3.63) is 437 Å². The van der Waals surface area contributed by atoms with Crippen LogP contribution in [0.15, 0.2) is 454 Å². The van der Waals surface area contributed by atoms with Crippen molar-refractivity contribution in [3.63, 3.8) is 0 Å². The van der Waals surface area contributed by atoms with E-state index >= 15 is 0 Å². The molecule has 120 heavy (non-hydrogen) atoms. The average molecular weight is 1530 g/mol. The van der Waals surface area contributed by atoms with Crippen LogP contribution in [0.2, 0.25) is 0 Å². The first-order valence-corrected chi connectivity index (χ1v) is 40.8. The zero-order valence-corrected chi connectivity index (χ0v) is 65.1. The van der Waals surface area contributed by atoms with Crippen LogP contribution in [0.3, 0.4) is 0 Å². The molecule has 6 heteroatoms. The Hall–Kier alpha value is -16.0. The molecule has 0 unspecified atom stereocenters. The molecule has 0 amide bonds. The van der Waals surface area contributed by atoms with Crippen LogP contribution >= 0.6 is 0 Å². The van der Waals surface area contributed by atoms with Crippen LogP contribution < -0.4 is 9.80 Å². The molecule has 4 aromatic heterocycles. The number of fused-ring (bicyclic) bond motifs is 12. The van der Waals surface area contributed by atoms with E-state index in [1.54, 1.807) is 0 Å². The van der Waals surface area contributed by atoms with Gasteiger partial charge in [-0.1, -0.05) is 346 Å². The molecule has 19 aromatic carbocycles. The van der Waals surface area contributed by atoms with Gasteiger partial charge >= 0.3 is 0 Å². The molecule has 562 valence electrons. The van der Waals surface area contributed by atoms with Crippen molar-refractivity contribution in [2.24, 2.45) is 0 Å². The molecular formula is C114H72N2O4. The van der Waals surface area contributed by atoms with Gasteiger partial charge in [-0.25, -0.2) is 0 Å². The highest BCUT2D eigenvalue weighted by molar-refractivity contribution is 6.18. The number of furan rings is 4. The molecule has 0 N–H and O–H groups in total. The molecule has 0 saturated carbocycles. The summed E-state index contributed by atoms with van der Waals surface area (Å²) in [5.41, 5.74) is 32.2. The summed E-state index contributed by atoms with van der Waals surface area (Å²) in [5, 5.41) is 8.18. The van der Waals surface area contributed by atoms with E-state index in [4.69, 9.17) is 17.7 Å². The number of anilines is 6. The Labute approximate surface area is 692 Å². The highest BCUT2D eigenvalue weighted by Crippen LogP contribution is 2.56. The average Bonchev–Trinajstić information content (AvgIpc) is 1.64. The second-order valence-corrected chi connectivity index (χ2v) is 30.9. The quantitative estimate of drug-likeness (QED) is 0.0961. The lowest BCUT2D eigenvalue weighted by Gasteiger charge is -2.34. The minimum atomic E-state index is 0.761. The van der Waals surface area contributed by atoms with Gasteiger partial charge in [0.2, 0.25) is 0 Å². The van der Waals surface area contributed by atoms with Gasteiger partial charge in [-0.15, -0.1) is 0 Å². The van der Waals surface area contributed by atoms with Gasteiger partial charge in [0.25, 0.3) is 0 Å². The standard InChI is InChI=1S/C114H72N2O4/c1-5-28-73(29-6-1)77-58-62-85(63-59-77)115(109-89(81-38-21-36-79(66-81)75-32-9-3-10-33-75)44-23-46-95(109)100-51-25-48-97-91-40-13-17-54-105(91)117-111(97)100)87-68-83(84-70-103-94-43-16-20-57-108(94)120-114(103)104(71-84)102-53-27-50-99-93-42-15-19-56-107(93)119-113(99)102)69-88(72-87)116(86-64-60-78(61-65-86)74-30-7-2-8-31-74)110-90(82-39-22-37-80(67-82)76-34-11-4-12-35-76)45-24-47-96(110)101-52-26-49-98-92-41-14-18-55-106(92)118-112(98)101/h1-72H. The fourth-order valence-electron chi connectivity index (χ4n) is 18.2. The molecule has 0 fully saturated rings. The van der Waals surface area contributed by atoms with E-state index in [0.717, 1.165) is 233 Å². The van der Waals surface area contributed by atoms with Crippen molar-refractivity contribution in [1.29, 1.82) is 0 Å². The van der Waals surface area contributed by atoms with Gasteiger partial charge in [0.05, 0.1) is 11.4 Å². The summed E-state index contributed by atoms with van der Waals surface area (Å²) in [7, 11) is 0. The van der Waals surface area contributed by atoms with Crippen LogP contribution in [0.5, 0.6) is 0 Å². The molecule has 0 aliphatic heterocycles. The van der Waals surface area contributed by atoms with E-state index in [2.05, 4.69) is 441 Å². The highest BCUT2D eigenvalue weighted by Gasteiger charge is 2.31. The Morgan fingerprint density at radius 3 is 0.792 bits per heavy atom. The zero-order valence-electron chi connectivity index (χ0n) is 65.1. The van der Waals surface area contributed by atoms with Crippen LogP contribution in [0.1, 0.15) is 0 Å². The molecule has 0 atom stereocenters. The topological polar surface area (TPSA) is 59.0 Å². The second kappa shape index (κ2) is 29.1. The third-order valence-corrected chi connectivity index (χ3v) is 23.9. The summed E-state index contributed by atoms with van der Waals surface area (Å²) in [6.45, 7) is 0. The van der Waals surface area contributed by atoms with Crippen LogP contribution in [0.25, 0.3) is 199 Å². The van der Waals surface area contributed by atoms with Gasteiger partial charge in [-0.05, 0) is 158 Å². The van der Waals surface area contributed by atoms with E-state index in [9.17, 15) is 0 Å². The fraction of sp³-hybridized carbons (Fsp3) is 0. The Kier molecular flexibility index (Phi) is 16.8. The smallest absolute Gasteiger partial charge is 0.143 e. The molecular weight excluding hydrogens is 1460 g/mol. The first-order valence-electron chi connectivity index (χ1n) is 40.8. The molecule has 23 rings (SSSR count). The minimum Gasteiger partial charge on any atom is -0.455 e. The van der Waals surface area contributed by atoms with Gasteiger partial charge in [-0.2, -0.15) is 0 Å². The van der Waals surface area contributed by atoms with Gasteiger partial charge in [0.15, 0.2) is 0 Å². The van der Waals surface area contributed by atoms with Crippen molar-refractivity contribution in [2.75, 3.05) is 9.80 Å². The van der Waals surface area contributed by atoms with Crippen LogP contribution in [0, 0.1) is 0 Å². The molecule has 6 nitrogen and oxygen atoms in total. The Balaban J connectivity index is 0.879. The van der Waals surface area contributed by atoms with Gasteiger partial charge in [-0.3, -0.25) is 0 Å². The Morgan fingerprint density at radius 2 is 0.400 bits per heavy atom. The first-order chi connectivity index (χ1) is 59.5. The Bertz CT molecular complexity index is 7540. The largest absolute Gasteiger partial charge is 0.455 e. The summed E-state index contributed by atoms with van der Waals surface area (Å²) in [6.07, 6.45) is 0. The van der Waals surface area contributed by atoms with Crippen LogP contribution in [0.4, 0.5) is 34.1 Å². The molecule has 0 aliphatic rings. The number of nitrogens with zero attached hydrogens (tertiary/aromatic N) is 2. The maximum atomic E-state index is 7.21. The number of hydrogen-bond acceptors (Lipinski definition) is 6. The third kappa shape index (κ3) is 12.0. The summed E-state index contributed by atoms with van der Waals surface area (Å²) in [5.74, 6) is 0. The molecule has 23 aromatic rings. The number of para-hydroxylation sites is 9. The van der Waals surface area contributed by atoms with Crippen molar-refractivity contribution in [2.45, 2.75) is 0 Å². The summed E-state index contributed by atoms with van der Waals surface area (Å²) in [6, 6.07) is 158. The van der Waals surface area contributed by atoms with E-state index in [-0.39, 0.29) is 0 Å². The molecule has 0 radical (unpaired) electrons. The lowest BCUT2D eigenvalue weighted by Crippen LogP contribution is -2.16. The van der Waals surface area contributed by atoms with Gasteiger partial charge < -0.3 is 27.5 Å². The first kappa shape index (κ1) is 69.5. The zero-order chi connectivity index (χ0) is 79.1. The normalized spacial score (nSPS) is 11.7. The van der Waals surface area contributed by atoms with Crippen molar-refractivity contribution in [1.82, 2.24) is 0 Å². The molecule has 0 saturated heterocycles. The predicted octanol–water partition coefficient (Wildman–Crippen LogP) is 32.9. The molecule has 4 heterocycles. The third-order valence-electron chi connectivity index (χ3n) is 23.9. The predicted molar refractivity (Wildman–Crippen MR) is 499 cm³/mol. The summed E-state index contributed by atoms with van der Waals surface area (Å²) in [4.78, 5) is 5.04. The maximum Gasteiger partial charge on any atom is 0.143 e. The summed E-state index contributed by atoms with van der Waals surface area (Å²) >= 11 is 0. The summed E-state index contributed by atoms with van der Waals surface area (Å²) < 4.78 is 28.7. The highest BCUT2D eigenvalue weighted by atomic mass is 16.3. The monoisotopic (exact) mass is 1530 g/mol. The number of hydrogen-bond donors (Lipinski definition) is 0. The lowest BCUT2D eigenvalue weighted by molar-refractivity contribution is 0.665. The van der Waals surface area contributed by atoms with E-state index in [1.807, 2.05) is 6.07 Å². The van der Waals surface area contributed by atoms with E-state index in [0.29, 0.717) is 0 Å². The van der Waals surface area contributed by atoms with E-state index in [1.165, 1.54) is 0 Å². The van der Waals surface area contributed by atoms with Crippen molar-refractivity contribution >= 4 is 122 Å².